The maximum atomic E-state index is 14.0. The number of carbonyl (C=O) groups is 1. The second-order valence-electron chi connectivity index (χ2n) is 5.00. The lowest BCUT2D eigenvalue weighted by Gasteiger charge is -2.19. The van der Waals surface area contributed by atoms with Gasteiger partial charge in [0, 0.05) is 19.3 Å². The molecule has 0 N–H and O–H groups in total. The van der Waals surface area contributed by atoms with Gasteiger partial charge in [0.15, 0.2) is 0 Å². The van der Waals surface area contributed by atoms with Crippen molar-refractivity contribution in [1.29, 1.82) is 0 Å². The van der Waals surface area contributed by atoms with Crippen LogP contribution in [0.2, 0.25) is 0 Å². The quantitative estimate of drug-likeness (QED) is 0.660. The molecule has 26 heavy (non-hydrogen) atoms. The highest BCUT2D eigenvalue weighted by Gasteiger charge is 2.38. The topological polar surface area (TPSA) is 85.0 Å². The van der Waals surface area contributed by atoms with Gasteiger partial charge in [0.25, 0.3) is 0 Å². The zero-order valence-electron chi connectivity index (χ0n) is 13.0. The van der Waals surface area contributed by atoms with Crippen molar-refractivity contribution in [2.24, 2.45) is 0 Å². The zero-order valence-corrected chi connectivity index (χ0v) is 13.0. The van der Waals surface area contributed by atoms with Gasteiger partial charge in [-0.25, -0.2) is 19.3 Å². The third kappa shape index (κ3) is 3.36. The first-order valence-corrected chi connectivity index (χ1v) is 7.06. The van der Waals surface area contributed by atoms with Gasteiger partial charge < -0.3 is 4.52 Å². The fourth-order valence-corrected chi connectivity index (χ4v) is 2.06. The van der Waals surface area contributed by atoms with Crippen molar-refractivity contribution in [2.75, 3.05) is 4.90 Å². The Balaban J connectivity index is 1.94. The molecule has 2 aromatic heterocycles. The third-order valence-electron chi connectivity index (χ3n) is 3.17. The van der Waals surface area contributed by atoms with Gasteiger partial charge in [-0.2, -0.15) is 18.2 Å². The zero-order chi connectivity index (χ0) is 18.9. The van der Waals surface area contributed by atoms with E-state index < -0.39 is 23.8 Å². The highest BCUT2D eigenvalue weighted by Crippen LogP contribution is 2.30. The summed E-state index contributed by atoms with van der Waals surface area (Å²) in [5.74, 6) is -3.26. The summed E-state index contributed by atoms with van der Waals surface area (Å²) < 4.78 is 55.6. The predicted octanol–water partition coefficient (Wildman–Crippen LogP) is 3.37. The molecule has 0 unspecified atom stereocenters. The van der Waals surface area contributed by atoms with E-state index >= 15 is 0 Å². The first kappa shape index (κ1) is 17.5. The minimum Gasteiger partial charge on any atom is -0.329 e. The first-order chi connectivity index (χ1) is 12.3. The van der Waals surface area contributed by atoms with Crippen LogP contribution < -0.4 is 4.90 Å². The average Bonchev–Trinajstić information content (AvgIpc) is 3.07. The van der Waals surface area contributed by atoms with Crippen LogP contribution in [0.15, 0.2) is 41.2 Å². The summed E-state index contributed by atoms with van der Waals surface area (Å²) in [5.41, 5.74) is -0.0308. The van der Waals surface area contributed by atoms with Gasteiger partial charge in [0.05, 0.1) is 11.3 Å². The molecule has 0 spiro atoms. The van der Waals surface area contributed by atoms with Crippen molar-refractivity contribution < 1.29 is 26.9 Å². The summed E-state index contributed by atoms with van der Waals surface area (Å²) in [5, 5.41) is 3.21. The van der Waals surface area contributed by atoms with E-state index in [2.05, 4.69) is 24.6 Å². The van der Waals surface area contributed by atoms with Crippen molar-refractivity contribution in [3.8, 4) is 11.4 Å². The molecule has 3 aromatic rings. The molecule has 0 bridgehead atoms. The summed E-state index contributed by atoms with van der Waals surface area (Å²) in [6.45, 7) is 1.19. The Morgan fingerprint density at radius 2 is 1.81 bits per heavy atom. The number of aromatic nitrogens is 4. The molecule has 0 saturated carbocycles. The molecule has 1 amide bonds. The summed E-state index contributed by atoms with van der Waals surface area (Å²) in [7, 11) is 0. The van der Waals surface area contributed by atoms with E-state index in [1.807, 2.05) is 0 Å². The van der Waals surface area contributed by atoms with Crippen molar-refractivity contribution in [2.45, 2.75) is 13.1 Å². The van der Waals surface area contributed by atoms with Gasteiger partial charge in [0.1, 0.15) is 5.82 Å². The summed E-state index contributed by atoms with van der Waals surface area (Å²) in [6, 6.07) is 5.51. The Kier molecular flexibility index (Phi) is 4.36. The molecule has 0 fully saturated rings. The van der Waals surface area contributed by atoms with Crippen molar-refractivity contribution in [1.82, 2.24) is 20.1 Å². The maximum Gasteiger partial charge on any atom is 0.471 e. The number of nitrogens with zero attached hydrogens (tertiary/aromatic N) is 5. The molecule has 0 atom stereocenters. The van der Waals surface area contributed by atoms with Gasteiger partial charge in [-0.15, -0.1) is 0 Å². The second-order valence-corrected chi connectivity index (χ2v) is 5.00. The summed E-state index contributed by atoms with van der Waals surface area (Å²) >= 11 is 0. The highest BCUT2D eigenvalue weighted by atomic mass is 19.4. The van der Waals surface area contributed by atoms with Crippen LogP contribution >= 0.6 is 0 Å². The molecular weight excluding hydrogens is 358 g/mol. The fraction of sp³-hybridized carbons (Fsp3) is 0.133. The maximum absolute atomic E-state index is 14.0. The van der Waals surface area contributed by atoms with E-state index in [-0.39, 0.29) is 23.0 Å². The number of carbonyl (C=O) groups excluding carboxylic acids is 1. The molecule has 2 heterocycles. The fourth-order valence-electron chi connectivity index (χ4n) is 2.06. The Morgan fingerprint density at radius 3 is 2.35 bits per heavy atom. The highest BCUT2D eigenvalue weighted by molar-refractivity contribution is 5.97. The van der Waals surface area contributed by atoms with Crippen molar-refractivity contribution >= 4 is 17.5 Å². The lowest BCUT2D eigenvalue weighted by molar-refractivity contribution is -0.159. The van der Waals surface area contributed by atoms with Gasteiger partial charge in [0.2, 0.25) is 17.7 Å². The van der Waals surface area contributed by atoms with Crippen molar-refractivity contribution in [3.63, 3.8) is 0 Å². The number of halogens is 4. The van der Waals surface area contributed by atoms with Crippen LogP contribution in [0.3, 0.4) is 0 Å². The Bertz CT molecular complexity index is 940. The molecule has 1 aromatic carbocycles. The normalized spacial score (nSPS) is 11.4. The number of anilines is 2. The van der Waals surface area contributed by atoms with Crippen LogP contribution in [0.4, 0.5) is 29.2 Å². The van der Waals surface area contributed by atoms with Crippen molar-refractivity contribution in [3.05, 3.63) is 48.4 Å². The van der Waals surface area contributed by atoms with Gasteiger partial charge >= 0.3 is 12.1 Å². The Hall–Kier alpha value is -3.37. The standard InChI is InChI=1S/C15H9F4N5O2/c1-8(25)24(11-5-3-2-4-10(11)16)14-20-6-9(7-21-14)12-22-13(26-23-12)15(17,18)19/h2-7H,1H3. The molecule has 0 aliphatic carbocycles. The van der Waals surface area contributed by atoms with E-state index in [1.165, 1.54) is 25.1 Å². The number of hydrogen-bond acceptors (Lipinski definition) is 6. The number of amides is 1. The van der Waals surface area contributed by atoms with Crippen LogP contribution in [0.1, 0.15) is 12.8 Å². The lowest BCUT2D eigenvalue weighted by Crippen LogP contribution is -2.25. The number of benzene rings is 1. The van der Waals surface area contributed by atoms with Crippen LogP contribution in [-0.4, -0.2) is 26.0 Å². The molecule has 134 valence electrons. The van der Waals surface area contributed by atoms with Crippen LogP contribution in [-0.2, 0) is 11.0 Å². The average molecular weight is 367 g/mol. The molecule has 0 aliphatic rings. The van der Waals surface area contributed by atoms with E-state index in [0.29, 0.717) is 0 Å². The number of rotatable bonds is 3. The van der Waals surface area contributed by atoms with Crippen LogP contribution in [0.25, 0.3) is 11.4 Å². The summed E-state index contributed by atoms with van der Waals surface area (Å²) in [6.07, 6.45) is -2.57. The smallest absolute Gasteiger partial charge is 0.329 e. The van der Waals surface area contributed by atoms with Gasteiger partial charge in [-0.1, -0.05) is 17.3 Å². The predicted molar refractivity (Wildman–Crippen MR) is 79.5 cm³/mol. The third-order valence-corrected chi connectivity index (χ3v) is 3.17. The van der Waals surface area contributed by atoms with Crippen LogP contribution in [0.5, 0.6) is 0 Å². The number of para-hydroxylation sites is 1. The first-order valence-electron chi connectivity index (χ1n) is 7.06. The molecule has 0 radical (unpaired) electrons. The minimum absolute atomic E-state index is 0.0324. The lowest BCUT2D eigenvalue weighted by atomic mass is 10.2. The Morgan fingerprint density at radius 1 is 1.15 bits per heavy atom. The molecule has 7 nitrogen and oxygen atoms in total. The van der Waals surface area contributed by atoms with Gasteiger partial charge in [-0.3, -0.25) is 4.79 Å². The van der Waals surface area contributed by atoms with Crippen LogP contribution in [0, 0.1) is 5.82 Å². The number of hydrogen-bond donors (Lipinski definition) is 0. The number of alkyl halides is 3. The molecule has 11 heteroatoms. The second kappa shape index (κ2) is 6.50. The monoisotopic (exact) mass is 367 g/mol. The van der Waals surface area contributed by atoms with E-state index in [1.54, 1.807) is 0 Å². The van der Waals surface area contributed by atoms with E-state index in [9.17, 15) is 22.4 Å². The largest absolute Gasteiger partial charge is 0.471 e. The van der Waals surface area contributed by atoms with E-state index in [0.717, 1.165) is 23.4 Å². The van der Waals surface area contributed by atoms with Gasteiger partial charge in [-0.05, 0) is 12.1 Å². The SMILES string of the molecule is CC(=O)N(c1ncc(-c2noc(C(F)(F)F)n2)cn1)c1ccccc1F. The molecule has 0 saturated heterocycles. The molecular formula is C15H9F4N5O2. The summed E-state index contributed by atoms with van der Waals surface area (Å²) in [4.78, 5) is 23.8. The van der Waals surface area contributed by atoms with E-state index in [4.69, 9.17) is 0 Å². The minimum atomic E-state index is -4.78. The molecule has 3 rings (SSSR count). The Labute approximate surface area is 143 Å². The molecule has 0 aliphatic heterocycles.